The molecular formula is C17H20N4O2. The summed E-state index contributed by atoms with van der Waals surface area (Å²) in [5, 5.41) is 8.47. The number of hydrogen-bond donors (Lipinski definition) is 0. The Morgan fingerprint density at radius 3 is 2.65 bits per heavy atom. The second-order valence-corrected chi connectivity index (χ2v) is 6.37. The maximum Gasteiger partial charge on any atom is 0.290 e. The van der Waals surface area contributed by atoms with Gasteiger partial charge in [-0.1, -0.05) is 0 Å². The molecule has 0 aromatic carbocycles. The van der Waals surface area contributed by atoms with Crippen molar-refractivity contribution in [3.63, 3.8) is 0 Å². The fraction of sp³-hybridized carbons (Fsp3) is 0.471. The molecule has 2 fully saturated rings. The summed E-state index contributed by atoms with van der Waals surface area (Å²) >= 11 is 0. The molecular weight excluding hydrogens is 292 g/mol. The first-order valence-electron chi connectivity index (χ1n) is 8.07. The molecule has 6 heteroatoms. The number of hydrogen-bond acceptors (Lipinski definition) is 5. The Morgan fingerprint density at radius 2 is 1.96 bits per heavy atom. The lowest BCUT2D eigenvalue weighted by Crippen LogP contribution is -2.40. The predicted octanol–water partition coefficient (Wildman–Crippen LogP) is 2.18. The van der Waals surface area contributed by atoms with Gasteiger partial charge in [0.05, 0.1) is 24.0 Å². The zero-order valence-electron chi connectivity index (χ0n) is 13.4. The van der Waals surface area contributed by atoms with Gasteiger partial charge in [-0.05, 0) is 44.9 Å². The molecule has 0 unspecified atom stereocenters. The lowest BCUT2D eigenvalue weighted by molar-refractivity contribution is 0.0704. The van der Waals surface area contributed by atoms with Crippen LogP contribution >= 0.6 is 0 Å². The lowest BCUT2D eigenvalue weighted by Gasteiger charge is -2.25. The average Bonchev–Trinajstić information content (AvgIpc) is 3.23. The van der Waals surface area contributed by atoms with Crippen molar-refractivity contribution in [3.05, 3.63) is 41.5 Å². The van der Waals surface area contributed by atoms with Crippen molar-refractivity contribution in [2.75, 3.05) is 18.0 Å². The molecule has 2 aliphatic heterocycles. The van der Waals surface area contributed by atoms with Crippen LogP contribution < -0.4 is 4.90 Å². The van der Waals surface area contributed by atoms with Gasteiger partial charge in [-0.3, -0.25) is 4.79 Å². The maximum absolute atomic E-state index is 12.7. The number of aromatic nitrogens is 2. The molecule has 2 saturated heterocycles. The van der Waals surface area contributed by atoms with E-state index < -0.39 is 0 Å². The summed E-state index contributed by atoms with van der Waals surface area (Å²) in [4.78, 5) is 17.0. The average molecular weight is 312 g/mol. The Hall–Kier alpha value is -2.37. The maximum atomic E-state index is 12.7. The highest BCUT2D eigenvalue weighted by molar-refractivity contribution is 5.93. The first-order chi connectivity index (χ1) is 11.1. The first kappa shape index (κ1) is 14.2. The molecule has 2 atom stereocenters. The van der Waals surface area contributed by atoms with Crippen LogP contribution in [-0.2, 0) is 0 Å². The van der Waals surface area contributed by atoms with Crippen molar-refractivity contribution in [1.82, 2.24) is 15.1 Å². The number of likely N-dealkylation sites (tertiary alicyclic amines) is 1. The van der Waals surface area contributed by atoms with E-state index in [1.807, 2.05) is 36.9 Å². The van der Waals surface area contributed by atoms with Gasteiger partial charge in [-0.2, -0.15) is 5.10 Å². The predicted molar refractivity (Wildman–Crippen MR) is 85.4 cm³/mol. The highest BCUT2D eigenvalue weighted by Crippen LogP contribution is 2.35. The summed E-state index contributed by atoms with van der Waals surface area (Å²) in [6.45, 7) is 5.52. The molecule has 120 valence electrons. The van der Waals surface area contributed by atoms with Crippen molar-refractivity contribution in [2.24, 2.45) is 0 Å². The number of fused-ring (bicyclic) bond motifs is 1. The van der Waals surface area contributed by atoms with Gasteiger partial charge in [0, 0.05) is 18.7 Å². The van der Waals surface area contributed by atoms with Gasteiger partial charge >= 0.3 is 0 Å². The zero-order chi connectivity index (χ0) is 16.0. The van der Waals surface area contributed by atoms with Crippen LogP contribution in [0.3, 0.4) is 0 Å². The van der Waals surface area contributed by atoms with Gasteiger partial charge in [-0.15, -0.1) is 5.10 Å². The minimum absolute atomic E-state index is 0.0110. The summed E-state index contributed by atoms with van der Waals surface area (Å²) in [5.74, 6) is 1.39. The Balaban J connectivity index is 1.55. The molecule has 0 bridgehead atoms. The largest absolute Gasteiger partial charge is 0.459 e. The summed E-state index contributed by atoms with van der Waals surface area (Å²) in [5.41, 5.74) is 1.82. The Labute approximate surface area is 135 Å². The third kappa shape index (κ3) is 2.29. The van der Waals surface area contributed by atoms with Crippen LogP contribution in [0.5, 0.6) is 0 Å². The van der Waals surface area contributed by atoms with Crippen molar-refractivity contribution in [3.8, 4) is 0 Å². The fourth-order valence-corrected chi connectivity index (χ4v) is 3.79. The third-order valence-corrected chi connectivity index (χ3v) is 4.97. The molecule has 2 aromatic heterocycles. The van der Waals surface area contributed by atoms with Crippen LogP contribution in [-0.4, -0.2) is 46.2 Å². The van der Waals surface area contributed by atoms with E-state index in [9.17, 15) is 4.79 Å². The van der Waals surface area contributed by atoms with Gasteiger partial charge in [0.1, 0.15) is 0 Å². The number of furan rings is 1. The number of amides is 1. The molecule has 1 amide bonds. The van der Waals surface area contributed by atoms with Gasteiger partial charge in [0.15, 0.2) is 11.6 Å². The minimum Gasteiger partial charge on any atom is -0.459 e. The quantitative estimate of drug-likeness (QED) is 0.850. The summed E-state index contributed by atoms with van der Waals surface area (Å²) in [6, 6.07) is 6.40. The van der Waals surface area contributed by atoms with E-state index in [0.29, 0.717) is 11.8 Å². The Bertz CT molecular complexity index is 724. The van der Waals surface area contributed by atoms with Gasteiger partial charge in [0.25, 0.3) is 5.91 Å². The number of aryl methyl sites for hydroxylation is 2. The molecule has 0 saturated carbocycles. The van der Waals surface area contributed by atoms with E-state index in [2.05, 4.69) is 15.1 Å². The molecule has 0 N–H and O–H groups in total. The Morgan fingerprint density at radius 1 is 1.13 bits per heavy atom. The van der Waals surface area contributed by atoms with E-state index in [0.717, 1.165) is 43.0 Å². The van der Waals surface area contributed by atoms with Gasteiger partial charge < -0.3 is 14.2 Å². The van der Waals surface area contributed by atoms with E-state index >= 15 is 0 Å². The minimum atomic E-state index is 0.0110. The van der Waals surface area contributed by atoms with E-state index in [1.54, 1.807) is 6.26 Å². The normalized spacial score (nSPS) is 23.4. The number of nitrogens with zero attached hydrogens (tertiary/aromatic N) is 4. The number of anilines is 1. The highest BCUT2D eigenvalue weighted by atomic mass is 16.3. The Kier molecular flexibility index (Phi) is 3.32. The van der Waals surface area contributed by atoms with Crippen molar-refractivity contribution in [1.29, 1.82) is 0 Å². The van der Waals surface area contributed by atoms with Gasteiger partial charge in [0.2, 0.25) is 0 Å². The van der Waals surface area contributed by atoms with E-state index in [1.165, 1.54) is 0 Å². The third-order valence-electron chi connectivity index (χ3n) is 4.97. The summed E-state index contributed by atoms with van der Waals surface area (Å²) in [7, 11) is 0. The SMILES string of the molecule is Cc1ccc(N2CC[C@H]3[C@@H]2CCN3C(=O)c2occc2C)nn1. The molecule has 4 rings (SSSR count). The monoisotopic (exact) mass is 312 g/mol. The number of carbonyl (C=O) groups excluding carboxylic acids is 1. The second-order valence-electron chi connectivity index (χ2n) is 6.37. The molecule has 2 aliphatic rings. The fourth-order valence-electron chi connectivity index (χ4n) is 3.79. The highest BCUT2D eigenvalue weighted by Gasteiger charge is 2.45. The molecule has 23 heavy (non-hydrogen) atoms. The summed E-state index contributed by atoms with van der Waals surface area (Å²) < 4.78 is 5.38. The van der Waals surface area contributed by atoms with Crippen molar-refractivity contribution >= 4 is 11.7 Å². The van der Waals surface area contributed by atoms with E-state index in [-0.39, 0.29) is 11.9 Å². The van der Waals surface area contributed by atoms with Crippen LogP contribution in [0.25, 0.3) is 0 Å². The smallest absolute Gasteiger partial charge is 0.290 e. The zero-order valence-corrected chi connectivity index (χ0v) is 13.4. The van der Waals surface area contributed by atoms with Crippen molar-refractivity contribution in [2.45, 2.75) is 38.8 Å². The van der Waals surface area contributed by atoms with Crippen LogP contribution in [0.4, 0.5) is 5.82 Å². The molecule has 0 radical (unpaired) electrons. The van der Waals surface area contributed by atoms with Crippen LogP contribution in [0.1, 0.15) is 34.7 Å². The molecule has 0 aliphatic carbocycles. The standard InChI is InChI=1S/C17H20N4O2/c1-11-7-10-23-16(11)17(22)21-9-6-13-14(21)5-8-20(13)15-4-3-12(2)18-19-15/h3-4,7,10,13-14H,5-6,8-9H2,1-2H3/t13-,14-/m0/s1. The first-order valence-corrected chi connectivity index (χ1v) is 8.07. The molecule has 2 aromatic rings. The summed E-state index contributed by atoms with van der Waals surface area (Å²) in [6.07, 6.45) is 3.51. The van der Waals surface area contributed by atoms with Crippen LogP contribution in [0, 0.1) is 13.8 Å². The topological polar surface area (TPSA) is 62.5 Å². The molecule has 6 nitrogen and oxygen atoms in total. The van der Waals surface area contributed by atoms with Gasteiger partial charge in [-0.25, -0.2) is 0 Å². The number of carbonyl (C=O) groups is 1. The molecule has 0 spiro atoms. The lowest BCUT2D eigenvalue weighted by atomic mass is 10.1. The van der Waals surface area contributed by atoms with Crippen LogP contribution in [0.15, 0.2) is 28.9 Å². The van der Waals surface area contributed by atoms with Crippen molar-refractivity contribution < 1.29 is 9.21 Å². The second kappa shape index (κ2) is 5.37. The number of rotatable bonds is 2. The van der Waals surface area contributed by atoms with E-state index in [4.69, 9.17) is 4.42 Å². The van der Waals surface area contributed by atoms with Crippen LogP contribution in [0.2, 0.25) is 0 Å². The molecule has 4 heterocycles.